The molecular formula is C27H45NO3. The lowest BCUT2D eigenvalue weighted by molar-refractivity contribution is -0.876. The van der Waals surface area contributed by atoms with Gasteiger partial charge in [0.2, 0.25) is 0 Å². The normalized spacial score (nSPS) is 15.3. The van der Waals surface area contributed by atoms with Gasteiger partial charge in [-0.1, -0.05) is 107 Å². The highest BCUT2D eigenvalue weighted by Crippen LogP contribution is 2.16. The van der Waals surface area contributed by atoms with Crippen LogP contribution in [-0.4, -0.2) is 48.8 Å². The van der Waals surface area contributed by atoms with Gasteiger partial charge >= 0.3 is 0 Å². The van der Waals surface area contributed by atoms with Gasteiger partial charge in [0.05, 0.1) is 21.1 Å². The Hall–Kier alpha value is -1.91. The Bertz CT molecular complexity index is 608. The maximum Gasteiger partial charge on any atom is 0.137 e. The maximum absolute atomic E-state index is 10.9. The summed E-state index contributed by atoms with van der Waals surface area (Å²) >= 11 is 0. The number of carboxylic acids is 1. The first-order valence-electron chi connectivity index (χ1n) is 11.8. The summed E-state index contributed by atoms with van der Waals surface area (Å²) in [6, 6.07) is 0. The van der Waals surface area contributed by atoms with Crippen LogP contribution in [0, 0.1) is 0 Å². The predicted molar refractivity (Wildman–Crippen MR) is 130 cm³/mol. The number of likely N-dealkylation sites (N-methyl/N-ethyl adjacent to an activating group) is 1. The molecule has 0 aromatic carbocycles. The van der Waals surface area contributed by atoms with Crippen LogP contribution in [0.4, 0.5) is 0 Å². The fourth-order valence-corrected chi connectivity index (χ4v) is 3.43. The molecule has 1 N–H and O–H groups in total. The Morgan fingerprint density at radius 3 is 1.81 bits per heavy atom. The molecule has 0 spiro atoms. The van der Waals surface area contributed by atoms with Crippen LogP contribution in [0.5, 0.6) is 0 Å². The van der Waals surface area contributed by atoms with Crippen molar-refractivity contribution in [3.8, 4) is 0 Å². The van der Waals surface area contributed by atoms with Crippen LogP contribution in [0.25, 0.3) is 0 Å². The average Bonchev–Trinajstić information content (AvgIpc) is 2.65. The average molecular weight is 432 g/mol. The third-order valence-electron chi connectivity index (χ3n) is 4.74. The largest absolute Gasteiger partial charge is 0.550 e. The van der Waals surface area contributed by atoms with E-state index in [0.29, 0.717) is 4.48 Å². The second-order valence-corrected chi connectivity index (χ2v) is 9.31. The fraction of sp³-hybridized carbons (Fsp3) is 0.593. The number of allylic oxidation sites excluding steroid dienone is 9. The minimum absolute atomic E-state index is 0.287. The molecule has 0 amide bonds. The first-order valence-corrected chi connectivity index (χ1v) is 11.8. The summed E-state index contributed by atoms with van der Waals surface area (Å²) in [7, 11) is 5.72. The van der Waals surface area contributed by atoms with Crippen LogP contribution < -0.4 is 5.11 Å². The van der Waals surface area contributed by atoms with Crippen molar-refractivity contribution < 1.29 is 19.5 Å². The monoisotopic (exact) mass is 431 g/mol. The minimum Gasteiger partial charge on any atom is -0.550 e. The maximum atomic E-state index is 10.9. The molecule has 0 aliphatic rings. The number of aliphatic carboxylic acids is 1. The topological polar surface area (TPSA) is 60.4 Å². The van der Waals surface area contributed by atoms with Crippen molar-refractivity contribution in [1.82, 2.24) is 0 Å². The molecule has 0 saturated heterocycles. The molecule has 1 unspecified atom stereocenters. The molecule has 0 aromatic rings. The molecule has 31 heavy (non-hydrogen) atoms. The van der Waals surface area contributed by atoms with E-state index < -0.39 is 18.0 Å². The predicted octanol–water partition coefficient (Wildman–Crippen LogP) is 4.88. The Labute approximate surface area is 190 Å². The van der Waals surface area contributed by atoms with Gasteiger partial charge in [0.15, 0.2) is 0 Å². The number of rotatable bonds is 18. The SMILES string of the molecule is CCCCCCCCCCC=CC=CC=CC=CC=CC(O)(CC(=O)[O-])C[N+](C)(C)C. The molecule has 4 nitrogen and oxygen atoms in total. The molecule has 1 atom stereocenters. The minimum atomic E-state index is -1.43. The van der Waals surface area contributed by atoms with Crippen molar-refractivity contribution in [2.45, 2.75) is 76.7 Å². The van der Waals surface area contributed by atoms with Gasteiger partial charge < -0.3 is 19.5 Å². The van der Waals surface area contributed by atoms with Crippen molar-refractivity contribution in [1.29, 1.82) is 0 Å². The summed E-state index contributed by atoms with van der Waals surface area (Å²) < 4.78 is 0.453. The highest BCUT2D eigenvalue weighted by Gasteiger charge is 2.30. The lowest BCUT2D eigenvalue weighted by Crippen LogP contribution is -2.50. The number of hydrogen-bond acceptors (Lipinski definition) is 3. The summed E-state index contributed by atoms with van der Waals surface area (Å²) in [6.45, 7) is 2.54. The van der Waals surface area contributed by atoms with Crippen molar-refractivity contribution >= 4 is 5.97 Å². The van der Waals surface area contributed by atoms with Gasteiger partial charge in [-0.2, -0.15) is 0 Å². The molecule has 0 aliphatic heterocycles. The number of unbranched alkanes of at least 4 members (excludes halogenated alkanes) is 8. The summed E-state index contributed by atoms with van der Waals surface area (Å²) in [6.07, 6.45) is 30.5. The first-order chi connectivity index (χ1) is 14.7. The third kappa shape index (κ3) is 21.1. The number of carbonyl (C=O) groups excluding carboxylic acids is 1. The molecule has 0 aromatic heterocycles. The Balaban J connectivity index is 4.10. The van der Waals surface area contributed by atoms with Gasteiger partial charge in [-0.15, -0.1) is 0 Å². The number of nitrogens with zero attached hydrogens (tertiary/aromatic N) is 1. The summed E-state index contributed by atoms with van der Waals surface area (Å²) in [4.78, 5) is 10.9. The number of hydrogen-bond donors (Lipinski definition) is 1. The molecule has 0 rings (SSSR count). The van der Waals surface area contributed by atoms with Crippen molar-refractivity contribution in [2.75, 3.05) is 27.7 Å². The molecular weight excluding hydrogens is 386 g/mol. The van der Waals surface area contributed by atoms with Gasteiger partial charge in [0.25, 0.3) is 0 Å². The van der Waals surface area contributed by atoms with Gasteiger partial charge in [0.1, 0.15) is 12.1 Å². The molecule has 4 heteroatoms. The van der Waals surface area contributed by atoms with Gasteiger partial charge in [0, 0.05) is 12.4 Å². The van der Waals surface area contributed by atoms with E-state index in [2.05, 4.69) is 19.1 Å². The van der Waals surface area contributed by atoms with Crippen LogP contribution in [-0.2, 0) is 4.79 Å². The molecule has 176 valence electrons. The number of aliphatic hydroxyl groups is 1. The lowest BCUT2D eigenvalue weighted by Gasteiger charge is -2.34. The van der Waals surface area contributed by atoms with Crippen LogP contribution in [0.2, 0.25) is 0 Å². The standard InChI is InChI=1S/C27H45NO3/c1-5-6-7-8-9-10-11-12-13-14-15-16-17-18-19-20-21-22-23-27(31,24-26(29)30)25-28(2,3)4/h14-23,31H,5-13,24-25H2,1-4H3. The Morgan fingerprint density at radius 1 is 0.806 bits per heavy atom. The molecule has 0 radical (unpaired) electrons. The smallest absolute Gasteiger partial charge is 0.137 e. The Kier molecular flexibility index (Phi) is 16.6. The van der Waals surface area contributed by atoms with Crippen molar-refractivity contribution in [3.05, 3.63) is 60.8 Å². The van der Waals surface area contributed by atoms with E-state index in [1.165, 1.54) is 57.4 Å². The van der Waals surface area contributed by atoms with Gasteiger partial charge in [-0.05, 0) is 18.9 Å². The zero-order chi connectivity index (χ0) is 23.4. The second-order valence-electron chi connectivity index (χ2n) is 9.31. The van der Waals surface area contributed by atoms with Crippen LogP contribution in [0.3, 0.4) is 0 Å². The van der Waals surface area contributed by atoms with Crippen molar-refractivity contribution in [3.63, 3.8) is 0 Å². The van der Waals surface area contributed by atoms with E-state index >= 15 is 0 Å². The van der Waals surface area contributed by atoms with E-state index in [1.54, 1.807) is 12.2 Å². The second kappa shape index (κ2) is 17.7. The van der Waals surface area contributed by atoms with E-state index in [0.717, 1.165) is 6.42 Å². The van der Waals surface area contributed by atoms with E-state index in [-0.39, 0.29) is 6.54 Å². The fourth-order valence-electron chi connectivity index (χ4n) is 3.43. The first kappa shape index (κ1) is 29.1. The summed E-state index contributed by atoms with van der Waals surface area (Å²) in [5, 5.41) is 21.5. The van der Waals surface area contributed by atoms with E-state index in [4.69, 9.17) is 0 Å². The van der Waals surface area contributed by atoms with Crippen LogP contribution in [0.1, 0.15) is 71.1 Å². The highest BCUT2D eigenvalue weighted by atomic mass is 16.4. The van der Waals surface area contributed by atoms with Crippen molar-refractivity contribution in [2.24, 2.45) is 0 Å². The quantitative estimate of drug-likeness (QED) is 0.191. The van der Waals surface area contributed by atoms with Crippen LogP contribution in [0.15, 0.2) is 60.8 Å². The van der Waals surface area contributed by atoms with Gasteiger partial charge in [-0.3, -0.25) is 0 Å². The molecule has 0 bridgehead atoms. The number of quaternary nitrogens is 1. The summed E-state index contributed by atoms with van der Waals surface area (Å²) in [5.41, 5.74) is -1.43. The van der Waals surface area contributed by atoms with Gasteiger partial charge in [-0.25, -0.2) is 0 Å². The highest BCUT2D eigenvalue weighted by molar-refractivity contribution is 5.66. The number of carboxylic acid groups (broad SMARTS) is 1. The number of carbonyl (C=O) groups is 1. The van der Waals surface area contributed by atoms with Crippen LogP contribution >= 0.6 is 0 Å². The Morgan fingerprint density at radius 2 is 1.29 bits per heavy atom. The zero-order valence-electron chi connectivity index (χ0n) is 20.3. The van der Waals surface area contributed by atoms with E-state index in [9.17, 15) is 15.0 Å². The molecule has 0 fully saturated rings. The van der Waals surface area contributed by atoms with E-state index in [1.807, 2.05) is 51.5 Å². The molecule has 0 heterocycles. The zero-order valence-corrected chi connectivity index (χ0v) is 20.3. The lowest BCUT2D eigenvalue weighted by atomic mass is 9.97. The summed E-state index contributed by atoms with van der Waals surface area (Å²) in [5.74, 6) is -1.26. The third-order valence-corrected chi connectivity index (χ3v) is 4.74. The molecule has 0 saturated carbocycles. The molecule has 0 aliphatic carbocycles.